The fourth-order valence-corrected chi connectivity index (χ4v) is 7.15. The molecule has 0 heterocycles. The molecule has 0 aromatic heterocycles. The minimum atomic E-state index is -0.447. The predicted octanol–water partition coefficient (Wildman–Crippen LogP) is 6.70. The van der Waals surface area contributed by atoms with Crippen molar-refractivity contribution in [3.8, 4) is 0 Å². The van der Waals surface area contributed by atoms with Crippen molar-refractivity contribution in [2.75, 3.05) is 6.61 Å². The molecule has 0 radical (unpaired) electrons. The van der Waals surface area contributed by atoms with Crippen LogP contribution in [0.5, 0.6) is 0 Å². The molecule has 3 aliphatic carbocycles. The Morgan fingerprint density at radius 2 is 1.43 bits per heavy atom. The van der Waals surface area contributed by atoms with E-state index in [4.69, 9.17) is 4.74 Å². The lowest BCUT2D eigenvalue weighted by Gasteiger charge is -2.59. The average molecular weight is 393 g/mol. The summed E-state index contributed by atoms with van der Waals surface area (Å²) in [5, 5.41) is 10.8. The van der Waals surface area contributed by atoms with E-state index < -0.39 is 5.60 Å². The van der Waals surface area contributed by atoms with E-state index in [9.17, 15) is 5.11 Å². The van der Waals surface area contributed by atoms with E-state index in [1.807, 2.05) is 0 Å². The minimum absolute atomic E-state index is 0.0226. The molecule has 0 aromatic carbocycles. The Balaban J connectivity index is 1.71. The standard InChI is InChI=1S/C26H48O2/c1-17-21-14-25(8,27)15-22(17)19-10-18(21)11-26(9,12-19)28-16-20(24(5,6)7)13-23(2,3)4/h17-22,27H,10-16H2,1-9H3/t17?,18-,19?,20?,21?,22?,25-,26?/m1/s1. The molecule has 3 aliphatic rings. The molecule has 28 heavy (non-hydrogen) atoms. The average Bonchev–Trinajstić information content (AvgIpc) is 2.49. The fourth-order valence-electron chi connectivity index (χ4n) is 7.15. The highest BCUT2D eigenvalue weighted by Gasteiger charge is 2.55. The minimum Gasteiger partial charge on any atom is -0.390 e. The van der Waals surface area contributed by atoms with Gasteiger partial charge in [0, 0.05) is 0 Å². The van der Waals surface area contributed by atoms with Crippen LogP contribution in [-0.4, -0.2) is 22.9 Å². The van der Waals surface area contributed by atoms with E-state index >= 15 is 0 Å². The van der Waals surface area contributed by atoms with E-state index in [1.54, 1.807) is 0 Å². The molecule has 1 N–H and O–H groups in total. The van der Waals surface area contributed by atoms with Crippen molar-refractivity contribution in [2.24, 2.45) is 46.3 Å². The summed E-state index contributed by atoms with van der Waals surface area (Å²) in [5.74, 6) is 4.19. The van der Waals surface area contributed by atoms with E-state index in [0.29, 0.717) is 23.2 Å². The second-order valence-corrected chi connectivity index (χ2v) is 13.8. The fraction of sp³-hybridized carbons (Fsp3) is 1.00. The summed E-state index contributed by atoms with van der Waals surface area (Å²) in [6.07, 6.45) is 6.95. The molecule has 164 valence electrons. The van der Waals surface area contributed by atoms with Gasteiger partial charge in [0.25, 0.3) is 0 Å². The van der Waals surface area contributed by atoms with Gasteiger partial charge in [-0.15, -0.1) is 0 Å². The summed E-state index contributed by atoms with van der Waals surface area (Å²) < 4.78 is 6.83. The Labute approximate surface area is 175 Å². The first kappa shape index (κ1) is 22.6. The molecule has 6 unspecified atom stereocenters. The van der Waals surface area contributed by atoms with Crippen LogP contribution in [0.15, 0.2) is 0 Å². The topological polar surface area (TPSA) is 29.5 Å². The van der Waals surface area contributed by atoms with Crippen molar-refractivity contribution < 1.29 is 9.84 Å². The van der Waals surface area contributed by atoms with Crippen molar-refractivity contribution >= 4 is 0 Å². The van der Waals surface area contributed by atoms with Crippen molar-refractivity contribution in [3.63, 3.8) is 0 Å². The zero-order valence-electron chi connectivity index (χ0n) is 20.3. The van der Waals surface area contributed by atoms with Gasteiger partial charge in [-0.2, -0.15) is 0 Å². The van der Waals surface area contributed by atoms with Crippen LogP contribution in [0, 0.1) is 46.3 Å². The number of hydrogen-bond acceptors (Lipinski definition) is 2. The summed E-state index contributed by atoms with van der Waals surface area (Å²) in [4.78, 5) is 0. The molecule has 0 amide bonds. The zero-order valence-corrected chi connectivity index (χ0v) is 20.3. The Hall–Kier alpha value is -0.0800. The van der Waals surface area contributed by atoms with Gasteiger partial charge in [0.15, 0.2) is 0 Å². The van der Waals surface area contributed by atoms with Gasteiger partial charge in [-0.25, -0.2) is 0 Å². The highest BCUT2D eigenvalue weighted by molar-refractivity contribution is 5.05. The van der Waals surface area contributed by atoms with Gasteiger partial charge < -0.3 is 9.84 Å². The lowest BCUT2D eigenvalue weighted by atomic mass is 9.48. The van der Waals surface area contributed by atoms with Crippen LogP contribution in [0.1, 0.15) is 101 Å². The maximum absolute atomic E-state index is 10.8. The van der Waals surface area contributed by atoms with Crippen LogP contribution < -0.4 is 0 Å². The summed E-state index contributed by atoms with van der Waals surface area (Å²) in [5.41, 5.74) is 0.188. The third-order valence-corrected chi connectivity index (χ3v) is 8.62. The van der Waals surface area contributed by atoms with Crippen LogP contribution in [0.4, 0.5) is 0 Å². The van der Waals surface area contributed by atoms with E-state index in [1.165, 1.54) is 25.7 Å². The van der Waals surface area contributed by atoms with E-state index in [2.05, 4.69) is 62.3 Å². The van der Waals surface area contributed by atoms with Crippen molar-refractivity contribution in [3.05, 3.63) is 0 Å². The van der Waals surface area contributed by atoms with Crippen LogP contribution in [-0.2, 0) is 4.74 Å². The Kier molecular flexibility index (Phi) is 5.86. The molecule has 3 saturated carbocycles. The highest BCUT2D eigenvalue weighted by Crippen LogP contribution is 2.59. The van der Waals surface area contributed by atoms with Crippen molar-refractivity contribution in [1.29, 1.82) is 0 Å². The first-order chi connectivity index (χ1) is 12.6. The van der Waals surface area contributed by atoms with Crippen LogP contribution in [0.25, 0.3) is 0 Å². The van der Waals surface area contributed by atoms with Crippen LogP contribution >= 0.6 is 0 Å². The van der Waals surface area contributed by atoms with Gasteiger partial charge in [0.05, 0.1) is 17.8 Å². The number of ether oxygens (including phenoxy) is 1. The molecular weight excluding hydrogens is 344 g/mol. The largest absolute Gasteiger partial charge is 0.390 e. The normalized spacial score (nSPS) is 45.0. The lowest BCUT2D eigenvalue weighted by Crippen LogP contribution is -2.56. The first-order valence-corrected chi connectivity index (χ1v) is 11.9. The SMILES string of the molecule is CC1C2C[C@](C)(O)CC1[C@@H]1CC2CC(C)(OCC(CC(C)(C)C)C(C)(C)C)C1. The van der Waals surface area contributed by atoms with E-state index in [-0.39, 0.29) is 11.0 Å². The Bertz CT molecular complexity index is 526. The first-order valence-electron chi connectivity index (χ1n) is 11.9. The smallest absolute Gasteiger partial charge is 0.0660 e. The summed E-state index contributed by atoms with van der Waals surface area (Å²) in [6, 6.07) is 0. The van der Waals surface area contributed by atoms with Gasteiger partial charge in [-0.05, 0) is 98.7 Å². The maximum atomic E-state index is 10.8. The third kappa shape index (κ3) is 4.97. The summed E-state index contributed by atoms with van der Waals surface area (Å²) >= 11 is 0. The quantitative estimate of drug-likeness (QED) is 0.576. The van der Waals surface area contributed by atoms with Crippen molar-refractivity contribution in [2.45, 2.75) is 112 Å². The molecule has 0 aliphatic heterocycles. The summed E-state index contributed by atoms with van der Waals surface area (Å²) in [7, 11) is 0. The molecule has 0 saturated heterocycles. The Morgan fingerprint density at radius 1 is 0.929 bits per heavy atom. The molecule has 8 atom stereocenters. The molecule has 2 nitrogen and oxygen atoms in total. The predicted molar refractivity (Wildman–Crippen MR) is 118 cm³/mol. The Morgan fingerprint density at radius 3 is 1.86 bits per heavy atom. The molecular formula is C26H48O2. The number of aliphatic hydroxyl groups is 1. The third-order valence-electron chi connectivity index (χ3n) is 8.62. The highest BCUT2D eigenvalue weighted by atomic mass is 16.5. The molecule has 4 bridgehead atoms. The molecule has 3 rings (SSSR count). The summed E-state index contributed by atoms with van der Waals surface area (Å²) in [6.45, 7) is 22.0. The van der Waals surface area contributed by atoms with Crippen LogP contribution in [0.2, 0.25) is 0 Å². The zero-order chi connectivity index (χ0) is 21.1. The maximum Gasteiger partial charge on any atom is 0.0660 e. The monoisotopic (exact) mass is 392 g/mol. The van der Waals surface area contributed by atoms with Crippen LogP contribution in [0.3, 0.4) is 0 Å². The lowest BCUT2D eigenvalue weighted by molar-refractivity contribution is -0.178. The number of fused-ring (bicyclic) bond motifs is 6. The molecule has 0 spiro atoms. The number of hydrogen-bond donors (Lipinski definition) is 1. The second kappa shape index (κ2) is 7.26. The van der Waals surface area contributed by atoms with Gasteiger partial charge in [-0.3, -0.25) is 0 Å². The van der Waals surface area contributed by atoms with Crippen molar-refractivity contribution in [1.82, 2.24) is 0 Å². The van der Waals surface area contributed by atoms with Gasteiger partial charge in [0.1, 0.15) is 0 Å². The second-order valence-electron chi connectivity index (χ2n) is 13.8. The van der Waals surface area contributed by atoms with Gasteiger partial charge in [0.2, 0.25) is 0 Å². The molecule has 0 aromatic rings. The van der Waals surface area contributed by atoms with Gasteiger partial charge >= 0.3 is 0 Å². The van der Waals surface area contributed by atoms with E-state index in [0.717, 1.165) is 37.2 Å². The molecule has 3 fully saturated rings. The number of rotatable bonds is 4. The molecule has 2 heteroatoms. The van der Waals surface area contributed by atoms with Gasteiger partial charge in [-0.1, -0.05) is 48.5 Å².